The summed E-state index contributed by atoms with van der Waals surface area (Å²) in [6, 6.07) is 5.39. The van der Waals surface area contributed by atoms with Gasteiger partial charge in [-0.1, -0.05) is 22.9 Å². The Labute approximate surface area is 105 Å². The average molecular weight is 286 g/mol. The molecule has 0 radical (unpaired) electrons. The summed E-state index contributed by atoms with van der Waals surface area (Å²) in [6.07, 6.45) is 3.68. The minimum absolute atomic E-state index is 0.170. The van der Waals surface area contributed by atoms with E-state index in [1.165, 1.54) is 18.9 Å². The van der Waals surface area contributed by atoms with E-state index in [2.05, 4.69) is 28.2 Å². The first-order chi connectivity index (χ1) is 7.69. The van der Waals surface area contributed by atoms with Gasteiger partial charge in [0.25, 0.3) is 0 Å². The number of halogens is 2. The van der Waals surface area contributed by atoms with Crippen LogP contribution in [0.3, 0.4) is 0 Å². The number of nitrogens with one attached hydrogen (secondary N) is 1. The zero-order valence-electron chi connectivity index (χ0n) is 9.47. The maximum absolute atomic E-state index is 13.3. The van der Waals surface area contributed by atoms with E-state index in [-0.39, 0.29) is 11.9 Å². The summed E-state index contributed by atoms with van der Waals surface area (Å²) < 4.78 is 14.1. The lowest BCUT2D eigenvalue weighted by Crippen LogP contribution is -2.23. The smallest absolute Gasteiger partial charge is 0.124 e. The number of hydrogen-bond donors (Lipinski definition) is 1. The standard InChI is InChI=1S/C13H17BrFN/c1-2-13(16-8-9-3-4-9)10-5-11(14)7-12(15)6-10/h5-7,9,13,16H,2-4,8H2,1H3. The third kappa shape index (κ3) is 3.29. The van der Waals surface area contributed by atoms with Crippen LogP contribution in [-0.2, 0) is 0 Å². The van der Waals surface area contributed by atoms with Crippen LogP contribution in [0.15, 0.2) is 22.7 Å². The van der Waals surface area contributed by atoms with E-state index in [4.69, 9.17) is 0 Å². The first-order valence-electron chi connectivity index (χ1n) is 5.88. The summed E-state index contributed by atoms with van der Waals surface area (Å²) >= 11 is 3.34. The molecule has 1 fully saturated rings. The van der Waals surface area contributed by atoms with E-state index >= 15 is 0 Å². The molecule has 1 saturated carbocycles. The lowest BCUT2D eigenvalue weighted by Gasteiger charge is -2.17. The molecule has 1 atom stereocenters. The van der Waals surface area contributed by atoms with Crippen molar-refractivity contribution in [1.82, 2.24) is 5.32 Å². The van der Waals surface area contributed by atoms with Crippen LogP contribution in [0.4, 0.5) is 4.39 Å². The number of rotatable bonds is 5. The van der Waals surface area contributed by atoms with E-state index in [1.807, 2.05) is 6.07 Å². The molecule has 1 aliphatic carbocycles. The first kappa shape index (κ1) is 12.1. The van der Waals surface area contributed by atoms with Gasteiger partial charge < -0.3 is 5.32 Å². The van der Waals surface area contributed by atoms with Crippen LogP contribution in [0, 0.1) is 11.7 Å². The van der Waals surface area contributed by atoms with Gasteiger partial charge >= 0.3 is 0 Å². The van der Waals surface area contributed by atoms with Crippen LogP contribution in [0.2, 0.25) is 0 Å². The predicted molar refractivity (Wildman–Crippen MR) is 67.9 cm³/mol. The Kier molecular flexibility index (Phi) is 3.98. The summed E-state index contributed by atoms with van der Waals surface area (Å²) in [7, 11) is 0. The number of hydrogen-bond acceptors (Lipinski definition) is 1. The highest BCUT2D eigenvalue weighted by Crippen LogP contribution is 2.29. The number of benzene rings is 1. The fourth-order valence-corrected chi connectivity index (χ4v) is 2.39. The molecule has 1 nitrogen and oxygen atoms in total. The molecule has 1 aromatic carbocycles. The second kappa shape index (κ2) is 5.28. The second-order valence-electron chi connectivity index (χ2n) is 4.52. The molecule has 16 heavy (non-hydrogen) atoms. The van der Waals surface area contributed by atoms with Crippen LogP contribution in [0.25, 0.3) is 0 Å². The van der Waals surface area contributed by atoms with Gasteiger partial charge in [0.1, 0.15) is 5.82 Å². The first-order valence-corrected chi connectivity index (χ1v) is 6.67. The molecule has 0 spiro atoms. The van der Waals surface area contributed by atoms with Crippen LogP contribution < -0.4 is 5.32 Å². The molecule has 1 aliphatic rings. The van der Waals surface area contributed by atoms with Gasteiger partial charge in [-0.05, 0) is 55.5 Å². The molecule has 2 rings (SSSR count). The van der Waals surface area contributed by atoms with Crippen LogP contribution >= 0.6 is 15.9 Å². The van der Waals surface area contributed by atoms with Gasteiger partial charge in [-0.15, -0.1) is 0 Å². The van der Waals surface area contributed by atoms with Gasteiger partial charge in [-0.3, -0.25) is 0 Å². The zero-order valence-corrected chi connectivity index (χ0v) is 11.1. The Morgan fingerprint density at radius 1 is 1.44 bits per heavy atom. The van der Waals surface area contributed by atoms with Crippen LogP contribution in [0.1, 0.15) is 37.8 Å². The monoisotopic (exact) mass is 285 g/mol. The van der Waals surface area contributed by atoms with Gasteiger partial charge in [0.2, 0.25) is 0 Å². The minimum Gasteiger partial charge on any atom is -0.310 e. The molecular formula is C13H17BrFN. The van der Waals surface area contributed by atoms with Crippen molar-refractivity contribution >= 4 is 15.9 Å². The fraction of sp³-hybridized carbons (Fsp3) is 0.538. The maximum Gasteiger partial charge on any atom is 0.124 e. The predicted octanol–water partition coefficient (Wildman–Crippen LogP) is 4.04. The normalized spacial score (nSPS) is 17.4. The van der Waals surface area contributed by atoms with Crippen LogP contribution in [-0.4, -0.2) is 6.54 Å². The van der Waals surface area contributed by atoms with Crippen molar-refractivity contribution in [1.29, 1.82) is 0 Å². The molecule has 0 bridgehead atoms. The van der Waals surface area contributed by atoms with Crippen molar-refractivity contribution in [2.24, 2.45) is 5.92 Å². The van der Waals surface area contributed by atoms with Gasteiger partial charge in [-0.2, -0.15) is 0 Å². The van der Waals surface area contributed by atoms with Gasteiger partial charge in [-0.25, -0.2) is 4.39 Å². The topological polar surface area (TPSA) is 12.0 Å². The third-order valence-electron chi connectivity index (χ3n) is 3.05. The molecule has 1 aromatic rings. The highest BCUT2D eigenvalue weighted by atomic mass is 79.9. The van der Waals surface area contributed by atoms with E-state index < -0.39 is 0 Å². The molecule has 0 aromatic heterocycles. The molecule has 0 amide bonds. The third-order valence-corrected chi connectivity index (χ3v) is 3.50. The van der Waals surface area contributed by atoms with Crippen molar-refractivity contribution in [2.45, 2.75) is 32.2 Å². The molecule has 0 heterocycles. The summed E-state index contributed by atoms with van der Waals surface area (Å²) in [5.41, 5.74) is 1.04. The van der Waals surface area contributed by atoms with Gasteiger partial charge in [0.05, 0.1) is 0 Å². The summed E-state index contributed by atoms with van der Waals surface area (Å²) in [4.78, 5) is 0. The minimum atomic E-state index is -0.170. The summed E-state index contributed by atoms with van der Waals surface area (Å²) in [5, 5.41) is 3.51. The summed E-state index contributed by atoms with van der Waals surface area (Å²) in [5.74, 6) is 0.682. The van der Waals surface area contributed by atoms with Gasteiger partial charge in [0, 0.05) is 10.5 Å². The molecular weight excluding hydrogens is 269 g/mol. The van der Waals surface area contributed by atoms with E-state index in [0.717, 1.165) is 28.9 Å². The molecule has 1 N–H and O–H groups in total. The highest BCUT2D eigenvalue weighted by molar-refractivity contribution is 9.10. The Morgan fingerprint density at radius 2 is 2.19 bits per heavy atom. The van der Waals surface area contributed by atoms with Crippen molar-refractivity contribution in [3.63, 3.8) is 0 Å². The Morgan fingerprint density at radius 3 is 2.75 bits per heavy atom. The van der Waals surface area contributed by atoms with Crippen LogP contribution in [0.5, 0.6) is 0 Å². The van der Waals surface area contributed by atoms with E-state index in [9.17, 15) is 4.39 Å². The van der Waals surface area contributed by atoms with Crippen molar-refractivity contribution in [2.75, 3.05) is 6.54 Å². The molecule has 1 unspecified atom stereocenters. The summed E-state index contributed by atoms with van der Waals surface area (Å²) in [6.45, 7) is 3.19. The maximum atomic E-state index is 13.3. The average Bonchev–Trinajstić information content (AvgIpc) is 3.01. The highest BCUT2D eigenvalue weighted by Gasteiger charge is 2.22. The molecule has 0 aliphatic heterocycles. The Hall–Kier alpha value is -0.410. The fourth-order valence-electron chi connectivity index (χ4n) is 1.91. The molecule has 3 heteroatoms. The largest absolute Gasteiger partial charge is 0.310 e. The van der Waals surface area contributed by atoms with Crippen molar-refractivity contribution < 1.29 is 4.39 Å². The second-order valence-corrected chi connectivity index (χ2v) is 5.43. The van der Waals surface area contributed by atoms with Crippen molar-refractivity contribution in [3.05, 3.63) is 34.1 Å². The lowest BCUT2D eigenvalue weighted by atomic mass is 10.0. The van der Waals surface area contributed by atoms with E-state index in [0.29, 0.717) is 0 Å². The van der Waals surface area contributed by atoms with E-state index in [1.54, 1.807) is 6.07 Å². The zero-order chi connectivity index (χ0) is 11.5. The Balaban J connectivity index is 2.04. The molecule has 88 valence electrons. The lowest BCUT2D eigenvalue weighted by molar-refractivity contribution is 0.499. The quantitative estimate of drug-likeness (QED) is 0.861. The molecule has 0 saturated heterocycles. The SMILES string of the molecule is CCC(NCC1CC1)c1cc(F)cc(Br)c1. The van der Waals surface area contributed by atoms with Gasteiger partial charge in [0.15, 0.2) is 0 Å². The van der Waals surface area contributed by atoms with Crippen molar-refractivity contribution in [3.8, 4) is 0 Å². The Bertz CT molecular complexity index is 343.